The van der Waals surface area contributed by atoms with Crippen molar-refractivity contribution in [1.29, 1.82) is 0 Å². The minimum atomic E-state index is -6.00. The Kier molecular flexibility index (Phi) is 8.00. The van der Waals surface area contributed by atoms with Gasteiger partial charge in [-0.05, 0) is 23.3 Å². The monoisotopic (exact) mass is 403 g/mol. The van der Waals surface area contributed by atoms with Gasteiger partial charge in [0.15, 0.2) is 5.69 Å². The number of halogens is 4. The first-order valence-corrected chi connectivity index (χ1v) is 9.76. The molecule has 3 aromatic rings. The number of benzene rings is 2. The highest BCUT2D eigenvalue weighted by Gasteiger charge is 2.22. The molecule has 0 amide bonds. The zero-order valence-electron chi connectivity index (χ0n) is 17.0. The number of nitrogens with zero attached hydrogens (tertiary/aromatic N) is 1. The highest BCUT2D eigenvalue weighted by Crippen LogP contribution is 2.27. The van der Waals surface area contributed by atoms with Crippen LogP contribution < -0.4 is 4.57 Å². The summed E-state index contributed by atoms with van der Waals surface area (Å²) in [5.74, 6) is 0.489. The van der Waals surface area contributed by atoms with Crippen LogP contribution in [0.1, 0.15) is 38.8 Å². The molecule has 0 aliphatic rings. The Morgan fingerprint density at radius 3 is 1.69 bits per heavy atom. The second kappa shape index (κ2) is 10.2. The molecule has 0 saturated heterocycles. The van der Waals surface area contributed by atoms with Crippen LogP contribution in [-0.4, -0.2) is 7.25 Å². The van der Waals surface area contributed by atoms with E-state index in [0.717, 1.165) is 13.0 Å². The zero-order chi connectivity index (χ0) is 21.4. The van der Waals surface area contributed by atoms with Gasteiger partial charge in [0, 0.05) is 30.0 Å². The maximum Gasteiger partial charge on any atom is 0.673 e. The van der Waals surface area contributed by atoms with Crippen LogP contribution in [0.3, 0.4) is 0 Å². The first-order valence-electron chi connectivity index (χ1n) is 9.76. The van der Waals surface area contributed by atoms with Crippen molar-refractivity contribution >= 4 is 7.25 Å². The third-order valence-corrected chi connectivity index (χ3v) is 4.41. The maximum atomic E-state index is 9.75. The van der Waals surface area contributed by atoms with E-state index in [0.29, 0.717) is 5.92 Å². The van der Waals surface area contributed by atoms with Gasteiger partial charge in [-0.2, -0.15) is 4.57 Å². The third-order valence-electron chi connectivity index (χ3n) is 4.41. The lowest BCUT2D eigenvalue weighted by molar-refractivity contribution is -0.694. The normalized spacial score (nSPS) is 11.2. The van der Waals surface area contributed by atoms with Crippen LogP contribution in [0.15, 0.2) is 72.8 Å². The molecule has 6 heteroatoms. The van der Waals surface area contributed by atoms with Crippen molar-refractivity contribution in [2.24, 2.45) is 0 Å². The molecule has 29 heavy (non-hydrogen) atoms. The predicted octanol–water partition coefficient (Wildman–Crippen LogP) is 7.14. The molecule has 1 aromatic heterocycles. The summed E-state index contributed by atoms with van der Waals surface area (Å²) in [5, 5.41) is 0. The Labute approximate surface area is 170 Å². The zero-order valence-corrected chi connectivity index (χ0v) is 17.0. The average molecular weight is 403 g/mol. The quantitative estimate of drug-likeness (QED) is 0.242. The fourth-order valence-electron chi connectivity index (χ4n) is 3.24. The number of hydrogen-bond donors (Lipinski definition) is 0. The minimum absolute atomic E-state index is 0.489. The maximum absolute atomic E-state index is 9.75. The van der Waals surface area contributed by atoms with Gasteiger partial charge in [0.1, 0.15) is 6.54 Å². The number of pyridine rings is 1. The highest BCUT2D eigenvalue weighted by molar-refractivity contribution is 6.50. The van der Waals surface area contributed by atoms with E-state index in [4.69, 9.17) is 0 Å². The summed E-state index contributed by atoms with van der Waals surface area (Å²) in [5.41, 5.74) is 6.57. The molecule has 0 unspecified atom stereocenters. The predicted molar refractivity (Wildman–Crippen MR) is 112 cm³/mol. The molecule has 1 nitrogen and oxygen atoms in total. The molecule has 0 N–H and O–H groups in total. The number of rotatable bonds is 5. The summed E-state index contributed by atoms with van der Waals surface area (Å²) in [6.45, 7) is 7.86. The second-order valence-corrected chi connectivity index (χ2v) is 7.09. The van der Waals surface area contributed by atoms with Gasteiger partial charge in [-0.3, -0.25) is 0 Å². The molecule has 0 radical (unpaired) electrons. The van der Waals surface area contributed by atoms with Gasteiger partial charge >= 0.3 is 7.25 Å². The first kappa shape index (κ1) is 22.7. The Balaban J connectivity index is 0.000000537. The summed E-state index contributed by atoms with van der Waals surface area (Å²) in [6.07, 6.45) is 1.13. The fourth-order valence-corrected chi connectivity index (χ4v) is 3.24. The standard InChI is InChI=1S/C23H26N.BF4/c1-4-15-24-22(18(2)3)16-21(19-11-7-5-8-12-19)17-23(24)20-13-9-6-10-14-20;2-1(3,4)5/h5-14,16-18H,4,15H2,1-3H3;/q+1;-1. The van der Waals surface area contributed by atoms with E-state index in [1.807, 2.05) is 0 Å². The summed E-state index contributed by atoms with van der Waals surface area (Å²) in [6, 6.07) is 26.1. The van der Waals surface area contributed by atoms with Crippen molar-refractivity contribution in [3.63, 3.8) is 0 Å². The van der Waals surface area contributed by atoms with Crippen LogP contribution in [0, 0.1) is 0 Å². The number of hydrogen-bond acceptors (Lipinski definition) is 0. The highest BCUT2D eigenvalue weighted by atomic mass is 19.5. The molecule has 0 spiro atoms. The molecule has 0 aliphatic carbocycles. The van der Waals surface area contributed by atoms with Crippen molar-refractivity contribution in [2.75, 3.05) is 0 Å². The van der Waals surface area contributed by atoms with Crippen LogP contribution >= 0.6 is 0 Å². The van der Waals surface area contributed by atoms with Gasteiger partial charge in [0.2, 0.25) is 5.69 Å². The van der Waals surface area contributed by atoms with Gasteiger partial charge < -0.3 is 17.3 Å². The van der Waals surface area contributed by atoms with Gasteiger partial charge in [0.25, 0.3) is 0 Å². The van der Waals surface area contributed by atoms with Crippen molar-refractivity contribution in [3.05, 3.63) is 78.5 Å². The fraction of sp³-hybridized carbons (Fsp3) is 0.261. The van der Waals surface area contributed by atoms with E-state index < -0.39 is 7.25 Å². The van der Waals surface area contributed by atoms with Crippen LogP contribution in [0.25, 0.3) is 22.4 Å². The van der Waals surface area contributed by atoms with Crippen LogP contribution in [0.5, 0.6) is 0 Å². The summed E-state index contributed by atoms with van der Waals surface area (Å²) in [4.78, 5) is 0. The first-order chi connectivity index (χ1) is 13.7. The van der Waals surface area contributed by atoms with Gasteiger partial charge in [-0.15, -0.1) is 0 Å². The molecular weight excluding hydrogens is 377 g/mol. The minimum Gasteiger partial charge on any atom is -0.418 e. The summed E-state index contributed by atoms with van der Waals surface area (Å²) < 4.78 is 41.5. The van der Waals surface area contributed by atoms with Crippen molar-refractivity contribution in [2.45, 2.75) is 39.7 Å². The van der Waals surface area contributed by atoms with Crippen molar-refractivity contribution < 1.29 is 21.8 Å². The lowest BCUT2D eigenvalue weighted by Crippen LogP contribution is -2.41. The molecule has 0 saturated carbocycles. The Morgan fingerprint density at radius 2 is 1.24 bits per heavy atom. The van der Waals surface area contributed by atoms with Gasteiger partial charge in [-0.25, -0.2) is 0 Å². The van der Waals surface area contributed by atoms with E-state index >= 15 is 0 Å². The lowest BCUT2D eigenvalue weighted by atomic mass is 9.98. The van der Waals surface area contributed by atoms with E-state index in [2.05, 4.69) is 98.1 Å². The summed E-state index contributed by atoms with van der Waals surface area (Å²) >= 11 is 0. The van der Waals surface area contributed by atoms with Crippen molar-refractivity contribution in [3.8, 4) is 22.4 Å². The molecule has 1 heterocycles. The molecular formula is C23H26BF4N. The van der Waals surface area contributed by atoms with Gasteiger partial charge in [0.05, 0.1) is 0 Å². The molecule has 2 aromatic carbocycles. The summed E-state index contributed by atoms with van der Waals surface area (Å²) in [7, 11) is -6.00. The Hall–Kier alpha value is -2.63. The topological polar surface area (TPSA) is 3.88 Å². The van der Waals surface area contributed by atoms with Crippen LogP contribution in [-0.2, 0) is 6.54 Å². The van der Waals surface area contributed by atoms with Gasteiger partial charge in [-0.1, -0.05) is 69.3 Å². The molecule has 0 aliphatic heterocycles. The Bertz CT molecular complexity index is 888. The molecule has 0 bridgehead atoms. The molecule has 0 fully saturated rings. The lowest BCUT2D eigenvalue weighted by Gasteiger charge is -2.14. The molecule has 154 valence electrons. The van der Waals surface area contributed by atoms with Crippen LogP contribution in [0.2, 0.25) is 0 Å². The third kappa shape index (κ3) is 7.04. The molecule has 0 atom stereocenters. The largest absolute Gasteiger partial charge is 0.673 e. The van der Waals surface area contributed by atoms with E-state index in [9.17, 15) is 17.3 Å². The second-order valence-electron chi connectivity index (χ2n) is 7.09. The van der Waals surface area contributed by atoms with Crippen molar-refractivity contribution in [1.82, 2.24) is 0 Å². The average Bonchev–Trinajstić information content (AvgIpc) is 2.68. The van der Waals surface area contributed by atoms with Crippen LogP contribution in [0.4, 0.5) is 17.3 Å². The molecule has 3 rings (SSSR count). The smallest absolute Gasteiger partial charge is 0.418 e. The van der Waals surface area contributed by atoms with E-state index in [1.54, 1.807) is 0 Å². The Morgan fingerprint density at radius 1 is 0.759 bits per heavy atom. The van der Waals surface area contributed by atoms with E-state index in [1.165, 1.54) is 28.1 Å². The van der Waals surface area contributed by atoms with E-state index in [-0.39, 0.29) is 0 Å². The number of aromatic nitrogens is 1. The SMILES string of the molecule is CCC[n+]1c(-c2ccccc2)cc(-c2ccccc2)cc1C(C)C.F[B-](F)(F)F.